The Labute approximate surface area is 115 Å². The summed E-state index contributed by atoms with van der Waals surface area (Å²) in [5.41, 5.74) is -0.610. The lowest BCUT2D eigenvalue weighted by atomic mass is 10.0. The van der Waals surface area contributed by atoms with Gasteiger partial charge in [-0.05, 0) is 36.6 Å². The molecule has 0 bridgehead atoms. The molecule has 1 saturated carbocycles. The largest absolute Gasteiger partial charge is 0.416 e. The monoisotopic (exact) mass is 283 g/mol. The van der Waals surface area contributed by atoms with Gasteiger partial charge in [0.15, 0.2) is 0 Å². The van der Waals surface area contributed by atoms with Crippen molar-refractivity contribution in [3.05, 3.63) is 41.5 Å². The maximum absolute atomic E-state index is 12.7. The molecule has 20 heavy (non-hydrogen) atoms. The van der Waals surface area contributed by atoms with Gasteiger partial charge in [0.05, 0.1) is 5.56 Å². The van der Waals surface area contributed by atoms with Gasteiger partial charge in [0, 0.05) is 11.6 Å². The molecule has 2 nitrogen and oxygen atoms in total. The van der Waals surface area contributed by atoms with E-state index >= 15 is 0 Å². The van der Waals surface area contributed by atoms with Crippen LogP contribution in [0.3, 0.4) is 0 Å². The fraction of sp³-hybridized carbons (Fsp3) is 0.400. The van der Waals surface area contributed by atoms with Gasteiger partial charge in [0.1, 0.15) is 0 Å². The van der Waals surface area contributed by atoms with Crippen LogP contribution in [-0.2, 0) is 6.18 Å². The van der Waals surface area contributed by atoms with E-state index in [1.165, 1.54) is 12.1 Å². The zero-order chi connectivity index (χ0) is 14.8. The Bertz CT molecular complexity index is 516. The number of halogens is 3. The molecule has 0 spiro atoms. The second-order valence-corrected chi connectivity index (χ2v) is 4.96. The molecule has 0 heterocycles. The number of carbonyl (C=O) groups excluding carboxylic acids is 1. The lowest BCUT2D eigenvalue weighted by Crippen LogP contribution is -2.32. The molecule has 1 aromatic rings. The van der Waals surface area contributed by atoms with E-state index < -0.39 is 11.7 Å². The van der Waals surface area contributed by atoms with Crippen LogP contribution in [-0.4, -0.2) is 11.9 Å². The van der Waals surface area contributed by atoms with E-state index in [2.05, 4.69) is 11.9 Å². The SMILES string of the molecule is C=Cc1cc(C(=O)NC2CCCC2)ccc1C(F)(F)F. The second-order valence-electron chi connectivity index (χ2n) is 4.96. The summed E-state index contributed by atoms with van der Waals surface area (Å²) in [7, 11) is 0. The fourth-order valence-electron chi connectivity index (χ4n) is 2.47. The maximum Gasteiger partial charge on any atom is 0.416 e. The Morgan fingerprint density at radius 2 is 1.95 bits per heavy atom. The number of hydrogen-bond acceptors (Lipinski definition) is 1. The highest BCUT2D eigenvalue weighted by molar-refractivity contribution is 5.95. The van der Waals surface area contributed by atoms with Crippen molar-refractivity contribution in [2.24, 2.45) is 0 Å². The number of benzene rings is 1. The van der Waals surface area contributed by atoms with E-state index in [4.69, 9.17) is 0 Å². The number of alkyl halides is 3. The van der Waals surface area contributed by atoms with Crippen LogP contribution in [0.4, 0.5) is 13.2 Å². The van der Waals surface area contributed by atoms with E-state index in [1.54, 1.807) is 0 Å². The van der Waals surface area contributed by atoms with Crippen molar-refractivity contribution in [3.63, 3.8) is 0 Å². The molecule has 0 aromatic heterocycles. The van der Waals surface area contributed by atoms with Crippen molar-refractivity contribution in [2.45, 2.75) is 37.9 Å². The lowest BCUT2D eigenvalue weighted by Gasteiger charge is -2.14. The van der Waals surface area contributed by atoms with Gasteiger partial charge in [-0.3, -0.25) is 4.79 Å². The van der Waals surface area contributed by atoms with Gasteiger partial charge >= 0.3 is 6.18 Å². The summed E-state index contributed by atoms with van der Waals surface area (Å²) in [5.74, 6) is -0.325. The van der Waals surface area contributed by atoms with Gasteiger partial charge < -0.3 is 5.32 Å². The minimum absolute atomic E-state index is 0.0726. The number of hydrogen-bond donors (Lipinski definition) is 1. The molecule has 0 radical (unpaired) electrons. The predicted molar refractivity (Wildman–Crippen MR) is 71.3 cm³/mol. The van der Waals surface area contributed by atoms with Crippen LogP contribution in [0.1, 0.15) is 47.2 Å². The highest BCUT2D eigenvalue weighted by atomic mass is 19.4. The van der Waals surface area contributed by atoms with Crippen molar-refractivity contribution in [2.75, 3.05) is 0 Å². The standard InChI is InChI=1S/C15H16F3NO/c1-2-10-9-11(7-8-13(10)15(16,17)18)14(20)19-12-5-3-4-6-12/h2,7-9,12H,1,3-6H2,(H,19,20). The van der Waals surface area contributed by atoms with Gasteiger partial charge in [-0.1, -0.05) is 25.5 Å². The molecule has 5 heteroatoms. The smallest absolute Gasteiger partial charge is 0.349 e. The molecular formula is C15H16F3NO. The van der Waals surface area contributed by atoms with Crippen LogP contribution < -0.4 is 5.32 Å². The van der Waals surface area contributed by atoms with Crippen molar-refractivity contribution in [1.29, 1.82) is 0 Å². The normalized spacial score (nSPS) is 16.1. The first-order valence-corrected chi connectivity index (χ1v) is 6.56. The molecule has 2 rings (SSSR count). The third-order valence-electron chi connectivity index (χ3n) is 3.53. The van der Waals surface area contributed by atoms with E-state index in [0.29, 0.717) is 0 Å². The average Bonchev–Trinajstić information content (AvgIpc) is 2.89. The summed E-state index contributed by atoms with van der Waals surface area (Å²) in [6, 6.07) is 3.51. The molecule has 0 saturated heterocycles. The van der Waals surface area contributed by atoms with Gasteiger partial charge in [-0.2, -0.15) is 13.2 Å². The number of carbonyl (C=O) groups is 1. The molecule has 1 aliphatic carbocycles. The molecule has 108 valence electrons. The highest BCUT2D eigenvalue weighted by Crippen LogP contribution is 2.33. The zero-order valence-electron chi connectivity index (χ0n) is 11.0. The quantitative estimate of drug-likeness (QED) is 0.891. The van der Waals surface area contributed by atoms with E-state index in [9.17, 15) is 18.0 Å². The summed E-state index contributed by atoms with van der Waals surface area (Å²) in [6.45, 7) is 3.38. The van der Waals surface area contributed by atoms with Crippen LogP contribution in [0, 0.1) is 0 Å². The first-order valence-electron chi connectivity index (χ1n) is 6.56. The number of amides is 1. The minimum Gasteiger partial charge on any atom is -0.349 e. The third kappa shape index (κ3) is 3.21. The van der Waals surface area contributed by atoms with Crippen LogP contribution in [0.15, 0.2) is 24.8 Å². The topological polar surface area (TPSA) is 29.1 Å². The summed E-state index contributed by atoms with van der Waals surface area (Å²) >= 11 is 0. The Morgan fingerprint density at radius 1 is 1.30 bits per heavy atom. The molecular weight excluding hydrogens is 267 g/mol. The van der Waals surface area contributed by atoms with Crippen LogP contribution in [0.2, 0.25) is 0 Å². The van der Waals surface area contributed by atoms with Crippen LogP contribution in [0.25, 0.3) is 6.08 Å². The van der Waals surface area contributed by atoms with Gasteiger partial charge in [0.2, 0.25) is 0 Å². The molecule has 1 amide bonds. The summed E-state index contributed by atoms with van der Waals surface area (Å²) in [6.07, 6.45) is 0.701. The van der Waals surface area contributed by atoms with E-state index in [0.717, 1.165) is 37.8 Å². The van der Waals surface area contributed by atoms with Crippen molar-refractivity contribution in [1.82, 2.24) is 5.32 Å². The number of nitrogens with one attached hydrogen (secondary N) is 1. The Kier molecular flexibility index (Phi) is 4.16. The maximum atomic E-state index is 12.7. The van der Waals surface area contributed by atoms with E-state index in [-0.39, 0.29) is 23.1 Å². The Balaban J connectivity index is 2.20. The molecule has 1 N–H and O–H groups in total. The minimum atomic E-state index is -4.44. The Morgan fingerprint density at radius 3 is 2.50 bits per heavy atom. The summed E-state index contributed by atoms with van der Waals surface area (Å²) in [4.78, 5) is 12.0. The molecule has 0 unspecified atom stereocenters. The lowest BCUT2D eigenvalue weighted by molar-refractivity contribution is -0.137. The molecule has 1 fully saturated rings. The third-order valence-corrected chi connectivity index (χ3v) is 3.53. The Hall–Kier alpha value is -1.78. The van der Waals surface area contributed by atoms with Crippen LogP contribution in [0.5, 0.6) is 0 Å². The van der Waals surface area contributed by atoms with Gasteiger partial charge in [0.25, 0.3) is 5.91 Å². The van der Waals surface area contributed by atoms with Gasteiger partial charge in [-0.25, -0.2) is 0 Å². The van der Waals surface area contributed by atoms with Gasteiger partial charge in [-0.15, -0.1) is 0 Å². The van der Waals surface area contributed by atoms with Crippen LogP contribution >= 0.6 is 0 Å². The average molecular weight is 283 g/mol. The summed E-state index contributed by atoms with van der Waals surface area (Å²) < 4.78 is 38.2. The second kappa shape index (κ2) is 5.69. The van der Waals surface area contributed by atoms with Crippen molar-refractivity contribution < 1.29 is 18.0 Å². The fourth-order valence-corrected chi connectivity index (χ4v) is 2.47. The molecule has 1 aromatic carbocycles. The van der Waals surface area contributed by atoms with E-state index in [1.807, 2.05) is 0 Å². The first kappa shape index (κ1) is 14.6. The predicted octanol–water partition coefficient (Wildman–Crippen LogP) is 4.02. The highest BCUT2D eigenvalue weighted by Gasteiger charge is 2.33. The molecule has 0 atom stereocenters. The zero-order valence-corrected chi connectivity index (χ0v) is 11.0. The number of rotatable bonds is 3. The molecule has 0 aliphatic heterocycles. The summed E-state index contributed by atoms with van der Waals surface area (Å²) in [5, 5.41) is 2.85. The first-order chi connectivity index (χ1) is 9.41. The van der Waals surface area contributed by atoms with Crippen molar-refractivity contribution in [3.8, 4) is 0 Å². The van der Waals surface area contributed by atoms with Crippen molar-refractivity contribution >= 4 is 12.0 Å². The molecule has 1 aliphatic rings.